The number of carbonyl (C=O) groups excluding carboxylic acids is 7. The number of carbonyl (C=O) groups is 7. The number of aliphatic hydroxyl groups is 4. The van der Waals surface area contributed by atoms with E-state index in [2.05, 4.69) is 32.2 Å². The maximum atomic E-state index is 14.4. The monoisotopic (exact) mass is 1580 g/mol. The van der Waals surface area contributed by atoms with Gasteiger partial charge in [-0.15, -0.1) is 0 Å². The number of ketones is 1. The van der Waals surface area contributed by atoms with Crippen LogP contribution >= 0.6 is 7.82 Å². The molecule has 36 heteroatoms. The van der Waals surface area contributed by atoms with E-state index < -0.39 is 162 Å². The van der Waals surface area contributed by atoms with Crippen LogP contribution in [-0.2, 0) is 73.4 Å². The summed E-state index contributed by atoms with van der Waals surface area (Å²) in [6, 6.07) is 2.71. The number of aryl methyl sites for hydroxylation is 2. The van der Waals surface area contributed by atoms with E-state index in [0.29, 0.717) is 74.0 Å². The van der Waals surface area contributed by atoms with E-state index in [1.165, 1.54) is 37.4 Å². The van der Waals surface area contributed by atoms with Crippen molar-refractivity contribution in [3.05, 3.63) is 88.8 Å². The van der Waals surface area contributed by atoms with Gasteiger partial charge in [-0.05, 0) is 132 Å². The van der Waals surface area contributed by atoms with E-state index in [9.17, 15) is 63.4 Å². The molecule has 8 bridgehead atoms. The molecule has 7 aliphatic rings. The third kappa shape index (κ3) is 16.4. The second kappa shape index (κ2) is 32.3. The van der Waals surface area contributed by atoms with Crippen LogP contribution in [-0.4, -0.2) is 180 Å². The molecule has 11 rings (SSSR count). The van der Waals surface area contributed by atoms with Crippen LogP contribution in [0.1, 0.15) is 163 Å². The Kier molecular flexibility index (Phi) is 25.2. The van der Waals surface area contributed by atoms with Gasteiger partial charge in [0.2, 0.25) is 35.4 Å². The number of nitrogens with zero attached hydrogens (tertiary/aromatic N) is 10. The number of benzene rings is 1. The molecule has 109 heavy (non-hydrogen) atoms. The maximum Gasteiger partial charge on any atom is 3.00 e. The molecule has 13 unspecified atom stereocenters. The third-order valence-corrected chi connectivity index (χ3v) is 24.7. The Labute approximate surface area is 641 Å². The topological polar surface area (TPSA) is 555 Å². The number of fused-ring (bicyclic) bond motifs is 8. The van der Waals surface area contributed by atoms with E-state index in [-0.39, 0.29) is 99.1 Å². The number of anilines is 1. The number of aliphatic imine (C=N–C) groups is 3. The molecular formula is C73H102CoN17O17P+. The molecule has 18 N–H and O–H groups in total. The molecule has 19 atom stereocenters. The number of rotatable bonds is 27. The van der Waals surface area contributed by atoms with Crippen LogP contribution in [0.25, 0.3) is 27.5 Å². The number of aromatic nitrogens is 6. The number of phosphoric ester groups is 1. The van der Waals surface area contributed by atoms with Crippen molar-refractivity contribution in [3.63, 3.8) is 0 Å². The van der Waals surface area contributed by atoms with E-state index >= 15 is 0 Å². The zero-order valence-electron chi connectivity index (χ0n) is 63.3. The smallest absolute Gasteiger partial charge is 0.682 e. The first-order valence-corrected chi connectivity index (χ1v) is 37.6. The van der Waals surface area contributed by atoms with Gasteiger partial charge in [0.1, 0.15) is 42.0 Å². The largest absolute Gasteiger partial charge is 3.00 e. The number of nitrogens with one attached hydrogen (secondary N) is 1. The van der Waals surface area contributed by atoms with Crippen molar-refractivity contribution < 1.29 is 98.7 Å². The summed E-state index contributed by atoms with van der Waals surface area (Å²) in [5.41, 5.74) is 37.9. The van der Waals surface area contributed by atoms with Gasteiger partial charge < -0.3 is 96.1 Å². The molecule has 7 aliphatic heterocycles. The number of ether oxygens (including phenoxy) is 2. The van der Waals surface area contributed by atoms with E-state index in [1.807, 2.05) is 80.5 Å². The minimum atomic E-state index is -5.06. The van der Waals surface area contributed by atoms with Gasteiger partial charge in [-0.2, -0.15) is 5.70 Å². The van der Waals surface area contributed by atoms with Gasteiger partial charge in [-0.1, -0.05) is 40.7 Å². The Morgan fingerprint density at radius 2 is 1.37 bits per heavy atom. The minimum absolute atomic E-state index is 0. The number of allylic oxidation sites excluding steroid dienone is 6. The molecule has 0 saturated carbocycles. The molecule has 4 aromatic rings. The molecule has 3 fully saturated rings. The molecular weight excluding hydrogens is 1480 g/mol. The third-order valence-electron chi connectivity index (χ3n) is 23.6. The fraction of sp³-hybridized carbons (Fsp3) is 0.603. The molecule has 594 valence electrons. The van der Waals surface area contributed by atoms with Crippen molar-refractivity contribution in [2.75, 3.05) is 18.9 Å². The first-order valence-electron chi connectivity index (χ1n) is 36.1. The summed E-state index contributed by atoms with van der Waals surface area (Å²) < 4.78 is 39.2. The SMILES string of the molecule is CC(=O)CCC1C2=NC(=CC3=NC(=C(C)C4=NC(C)(C5[N-]C(=C2C)C(C)(CCC(=O)NCC(C)OP(=O)(O)O[C@@H]2[C@@H](CO)OC(n6cnc7cc(C)c(C)cc76)[C@@H]2O)C5CC(N)=O)C(C)(CC(N)=O)C4CCC(N)=O)C(C)(CC(N)=O)C3CCC(N)=O)C1(C)C.[CH2-][C@H]1OC(n2cnc3c(N)ncnc32)[C@H](O)[C@@H]1O.[Co+3]. The Morgan fingerprint density at radius 3 is 1.97 bits per heavy atom. The first-order chi connectivity index (χ1) is 50.4. The summed E-state index contributed by atoms with van der Waals surface area (Å²) >= 11 is 0. The van der Waals surface area contributed by atoms with Crippen molar-refractivity contribution in [1.82, 2.24) is 34.4 Å². The predicted molar refractivity (Wildman–Crippen MR) is 396 cm³/mol. The van der Waals surface area contributed by atoms with Crippen molar-refractivity contribution in [3.8, 4) is 0 Å². The molecule has 10 heterocycles. The summed E-state index contributed by atoms with van der Waals surface area (Å²) in [6.45, 7) is 24.4. The summed E-state index contributed by atoms with van der Waals surface area (Å²) in [7, 11) is -5.06. The molecule has 0 spiro atoms. The Bertz CT molecular complexity index is 4520. The van der Waals surface area contributed by atoms with Gasteiger partial charge in [0, 0.05) is 108 Å². The average Bonchev–Trinajstić information content (AvgIpc) is 1.53. The van der Waals surface area contributed by atoms with Crippen molar-refractivity contribution in [1.29, 1.82) is 0 Å². The number of nitrogens with two attached hydrogens (primary N) is 6. The van der Waals surface area contributed by atoms with Gasteiger partial charge in [0.05, 0.1) is 53.7 Å². The van der Waals surface area contributed by atoms with Crippen molar-refractivity contribution >= 4 is 94.2 Å². The Hall–Kier alpha value is -8.06. The van der Waals surface area contributed by atoms with Gasteiger partial charge >= 0.3 is 24.6 Å². The van der Waals surface area contributed by atoms with Crippen LogP contribution < -0.4 is 39.7 Å². The number of hydrogen-bond donors (Lipinski definition) is 12. The Morgan fingerprint density at radius 1 is 0.743 bits per heavy atom. The van der Waals surface area contributed by atoms with Crippen LogP contribution in [0.5, 0.6) is 0 Å². The summed E-state index contributed by atoms with van der Waals surface area (Å²) in [5, 5.41) is 49.8. The summed E-state index contributed by atoms with van der Waals surface area (Å²) in [4.78, 5) is 138. The summed E-state index contributed by atoms with van der Waals surface area (Å²) in [6.07, 6.45) is -4.84. The molecule has 0 aliphatic carbocycles. The number of aliphatic hydroxyl groups excluding tert-OH is 4. The molecule has 0 radical (unpaired) electrons. The van der Waals surface area contributed by atoms with Crippen LogP contribution in [0.4, 0.5) is 5.82 Å². The standard InChI is InChI=1S/C63H91N12O14P.C10H12N5O3.Co/c1-30-21-41-42(22-31(30)2)75(29-70-41)58-53(84)54(43(28-76)87-58)89-90(85,86)88-33(4)27-69-50(83)19-20-60(9)39(23-47(66)80)57-63(12)62(11,26-49(68)82)38(16-18-46(65)79)52(74-63)35(6)56-61(10,25-48(67)81)36(15-17-45(64)78)40(71-56)24-44-59(7,8)37(14-13-32(3)77)51(72-44)34(5)55(60)73-57;1-4-6(16)7(17)10(18-4)15-3-14-5-8(11)12-2-13-9(5)15;/h21-22,24,29,33,36-39,43,53-54,57-58,76,84H,13-20,23,25-28H2,1-12H3,(H13,64,65,66,67,68,69,71,72,73,74,78,79,80,81,82,83,85,86);2-4,6-7,10,16-17H,1H2,(H2,11,12,13);/q;-1;+3/p-1/t33?,36?,37?,38?,39?,43-,53-,54-,57?,58?,60?,61?,62?,63?;4-,6-,7-,10?;/m11./s1. The number of nitrogen functional groups attached to an aromatic ring is 1. The van der Waals surface area contributed by atoms with Crippen LogP contribution in [0.15, 0.2) is 80.4 Å². The number of imidazole rings is 2. The number of hydrogen-bond acceptors (Lipinski definition) is 24. The second-order valence-electron chi connectivity index (χ2n) is 31.4. The van der Waals surface area contributed by atoms with Crippen molar-refractivity contribution in [2.45, 2.75) is 220 Å². The molecule has 6 amide bonds. The number of Topliss-reactive ketones (excluding diaryl/α,β-unsaturated/α-hetero) is 1. The molecule has 34 nitrogen and oxygen atoms in total. The number of primary amides is 5. The molecule has 3 saturated heterocycles. The fourth-order valence-electron chi connectivity index (χ4n) is 17.4. The minimum Gasteiger partial charge on any atom is -0.682 e. The van der Waals surface area contributed by atoms with Crippen LogP contribution in [0, 0.1) is 66.1 Å². The predicted octanol–water partition coefficient (Wildman–Crippen LogP) is 3.91. The van der Waals surface area contributed by atoms with Gasteiger partial charge in [0.25, 0.3) is 0 Å². The van der Waals surface area contributed by atoms with Gasteiger partial charge in [0.15, 0.2) is 23.9 Å². The van der Waals surface area contributed by atoms with Gasteiger partial charge in [-0.3, -0.25) is 57.4 Å². The first kappa shape index (κ1) is 84.9. The number of amides is 6. The summed E-state index contributed by atoms with van der Waals surface area (Å²) in [5.74, 6) is -6.39. The average molecular weight is 1580 g/mol. The zero-order chi connectivity index (χ0) is 79.6. The molecule has 3 aromatic heterocycles. The van der Waals surface area contributed by atoms with E-state index in [1.54, 1.807) is 11.5 Å². The van der Waals surface area contributed by atoms with E-state index in [4.69, 9.17) is 73.2 Å². The van der Waals surface area contributed by atoms with Crippen molar-refractivity contribution in [2.24, 2.45) is 89.0 Å². The second-order valence-corrected chi connectivity index (χ2v) is 32.7. The van der Waals surface area contributed by atoms with Gasteiger partial charge in [-0.25, -0.2) is 24.5 Å². The van der Waals surface area contributed by atoms with Crippen LogP contribution in [0.3, 0.4) is 0 Å². The fourth-order valence-corrected chi connectivity index (χ4v) is 18.6. The normalized spacial score (nSPS) is 31.8. The van der Waals surface area contributed by atoms with Crippen LogP contribution in [0.2, 0.25) is 0 Å². The number of phosphoric acid groups is 1. The Balaban J connectivity index is 0.000000623. The van der Waals surface area contributed by atoms with E-state index in [0.717, 1.165) is 11.1 Å². The maximum absolute atomic E-state index is 14.4. The molecule has 1 aromatic carbocycles. The zero-order valence-corrected chi connectivity index (χ0v) is 65.2. The quantitative estimate of drug-likeness (QED) is 0.0297.